The molecule has 2 nitrogen and oxygen atoms in total. The third kappa shape index (κ3) is 2.49. The molecule has 0 spiro atoms. The fourth-order valence-electron chi connectivity index (χ4n) is 1.69. The van der Waals surface area contributed by atoms with Gasteiger partial charge < -0.3 is 5.73 Å². The molecular formula is C14H9Cl2F2NO. The van der Waals surface area contributed by atoms with E-state index < -0.39 is 17.4 Å². The number of rotatable bonds is 2. The van der Waals surface area contributed by atoms with Crippen LogP contribution in [0.3, 0.4) is 0 Å². The number of nitrogens with two attached hydrogens (primary N) is 1. The van der Waals surface area contributed by atoms with Crippen molar-refractivity contribution < 1.29 is 13.6 Å². The number of benzene rings is 2. The Morgan fingerprint density at radius 2 is 1.65 bits per heavy atom. The van der Waals surface area contributed by atoms with Crippen LogP contribution in [0.4, 0.5) is 14.5 Å². The van der Waals surface area contributed by atoms with Crippen LogP contribution in [-0.2, 0) is 0 Å². The van der Waals surface area contributed by atoms with E-state index in [1.165, 1.54) is 31.2 Å². The summed E-state index contributed by atoms with van der Waals surface area (Å²) in [6, 6.07) is 5.07. The van der Waals surface area contributed by atoms with Crippen molar-refractivity contribution in [2.75, 3.05) is 5.73 Å². The predicted octanol–water partition coefficient (Wildman–Crippen LogP) is 4.39. The first kappa shape index (κ1) is 14.8. The van der Waals surface area contributed by atoms with E-state index >= 15 is 0 Å². The van der Waals surface area contributed by atoms with Crippen LogP contribution >= 0.6 is 23.2 Å². The fraction of sp³-hybridized carbons (Fsp3) is 0.0714. The molecule has 0 aliphatic carbocycles. The van der Waals surface area contributed by atoms with Crippen LogP contribution in [0.5, 0.6) is 0 Å². The summed E-state index contributed by atoms with van der Waals surface area (Å²) < 4.78 is 27.3. The van der Waals surface area contributed by atoms with E-state index in [0.29, 0.717) is 0 Å². The van der Waals surface area contributed by atoms with Crippen LogP contribution in [0.25, 0.3) is 0 Å². The van der Waals surface area contributed by atoms with Crippen LogP contribution in [-0.4, -0.2) is 5.78 Å². The normalized spacial score (nSPS) is 10.7. The fourth-order valence-corrected chi connectivity index (χ4v) is 2.18. The smallest absolute Gasteiger partial charge is 0.196 e. The molecule has 0 aromatic heterocycles. The zero-order chi connectivity index (χ0) is 15.0. The highest BCUT2D eigenvalue weighted by Crippen LogP contribution is 2.30. The number of anilines is 1. The average Bonchev–Trinajstić information content (AvgIpc) is 2.41. The van der Waals surface area contributed by atoms with Gasteiger partial charge in [-0.2, -0.15) is 0 Å². The molecular weight excluding hydrogens is 307 g/mol. The number of ketones is 1. The van der Waals surface area contributed by atoms with Gasteiger partial charge in [0.05, 0.1) is 21.3 Å². The van der Waals surface area contributed by atoms with E-state index in [2.05, 4.69) is 0 Å². The van der Waals surface area contributed by atoms with E-state index in [-0.39, 0.29) is 32.4 Å². The summed E-state index contributed by atoms with van der Waals surface area (Å²) in [5.41, 5.74) is 5.45. The molecule has 2 aromatic rings. The molecule has 6 heteroatoms. The molecule has 20 heavy (non-hydrogen) atoms. The first-order valence-electron chi connectivity index (χ1n) is 5.56. The largest absolute Gasteiger partial charge is 0.396 e. The second-order valence-corrected chi connectivity index (χ2v) is 5.06. The standard InChI is InChI=1S/C14H9Cl2F2NO/c1-6-2-3-8(12(18)11(6)17)14(20)7-4-9(15)13(19)10(16)5-7/h2-5H,19H2,1H3. The SMILES string of the molecule is Cc1ccc(C(=O)c2cc(Cl)c(N)c(Cl)c2)c(F)c1F. The molecule has 0 atom stereocenters. The number of hydrogen-bond donors (Lipinski definition) is 1. The molecule has 2 N–H and O–H groups in total. The summed E-state index contributed by atoms with van der Waals surface area (Å²) in [5.74, 6) is -2.97. The van der Waals surface area contributed by atoms with Crippen LogP contribution in [0.1, 0.15) is 21.5 Å². The van der Waals surface area contributed by atoms with Gasteiger partial charge in [-0.3, -0.25) is 4.79 Å². The van der Waals surface area contributed by atoms with Crippen molar-refractivity contribution in [3.05, 3.63) is 62.6 Å². The molecule has 104 valence electrons. The molecule has 0 amide bonds. The van der Waals surface area contributed by atoms with E-state index in [9.17, 15) is 13.6 Å². The number of hydrogen-bond acceptors (Lipinski definition) is 2. The lowest BCUT2D eigenvalue weighted by molar-refractivity contribution is 0.103. The Labute approximate surface area is 124 Å². The second kappa shape index (κ2) is 5.38. The van der Waals surface area contributed by atoms with Crippen molar-refractivity contribution in [1.29, 1.82) is 0 Å². The van der Waals surface area contributed by atoms with Gasteiger partial charge in [-0.25, -0.2) is 8.78 Å². The molecule has 2 rings (SSSR count). The third-order valence-corrected chi connectivity index (χ3v) is 3.49. The van der Waals surface area contributed by atoms with Gasteiger partial charge in [0.2, 0.25) is 0 Å². The highest BCUT2D eigenvalue weighted by molar-refractivity contribution is 6.39. The van der Waals surface area contributed by atoms with Gasteiger partial charge in [0, 0.05) is 5.56 Å². The minimum Gasteiger partial charge on any atom is -0.396 e. The van der Waals surface area contributed by atoms with Crippen LogP contribution in [0.2, 0.25) is 10.0 Å². The maximum Gasteiger partial charge on any atom is 0.196 e. The summed E-state index contributed by atoms with van der Waals surface area (Å²) in [7, 11) is 0. The quantitative estimate of drug-likeness (QED) is 0.659. The first-order valence-corrected chi connectivity index (χ1v) is 6.32. The Hall–Kier alpha value is -1.65. The van der Waals surface area contributed by atoms with Crippen molar-refractivity contribution in [3.8, 4) is 0 Å². The molecule has 0 unspecified atom stereocenters. The minimum absolute atomic E-state index is 0.0383. The first-order chi connectivity index (χ1) is 9.32. The number of carbonyl (C=O) groups excluding carboxylic acids is 1. The maximum atomic E-state index is 13.8. The highest BCUT2D eigenvalue weighted by atomic mass is 35.5. The lowest BCUT2D eigenvalue weighted by atomic mass is 10.0. The molecule has 0 bridgehead atoms. The Balaban J connectivity index is 2.55. The number of nitrogen functional groups attached to an aromatic ring is 1. The minimum atomic E-state index is -1.20. The number of carbonyl (C=O) groups is 1. The molecule has 0 aliphatic rings. The van der Waals surface area contributed by atoms with Crippen LogP contribution < -0.4 is 5.73 Å². The summed E-state index contributed by atoms with van der Waals surface area (Å²) in [6.45, 7) is 1.41. The van der Waals surface area contributed by atoms with Gasteiger partial charge in [0.25, 0.3) is 0 Å². The van der Waals surface area contributed by atoms with Crippen LogP contribution in [0.15, 0.2) is 24.3 Å². The molecule has 0 saturated carbocycles. The van der Waals surface area contributed by atoms with Gasteiger partial charge >= 0.3 is 0 Å². The molecule has 0 radical (unpaired) electrons. The Kier molecular flexibility index (Phi) is 3.97. The average molecular weight is 316 g/mol. The molecule has 0 saturated heterocycles. The predicted molar refractivity (Wildman–Crippen MR) is 75.4 cm³/mol. The summed E-state index contributed by atoms with van der Waals surface area (Å²) in [5, 5.41) is 0.155. The summed E-state index contributed by atoms with van der Waals surface area (Å²) >= 11 is 11.6. The van der Waals surface area contributed by atoms with Crippen molar-refractivity contribution >= 4 is 34.7 Å². The zero-order valence-corrected chi connectivity index (χ0v) is 11.8. The highest BCUT2D eigenvalue weighted by Gasteiger charge is 2.20. The monoisotopic (exact) mass is 315 g/mol. The van der Waals surface area contributed by atoms with Gasteiger partial charge in [-0.15, -0.1) is 0 Å². The lowest BCUT2D eigenvalue weighted by Crippen LogP contribution is -2.07. The topological polar surface area (TPSA) is 43.1 Å². The molecule has 0 heterocycles. The summed E-state index contributed by atoms with van der Waals surface area (Å²) in [4.78, 5) is 12.2. The van der Waals surface area contributed by atoms with Gasteiger partial charge in [0.15, 0.2) is 17.4 Å². The van der Waals surface area contributed by atoms with Crippen molar-refractivity contribution in [2.24, 2.45) is 0 Å². The van der Waals surface area contributed by atoms with E-state index in [0.717, 1.165) is 0 Å². The number of halogens is 4. The van der Waals surface area contributed by atoms with Gasteiger partial charge in [-0.1, -0.05) is 29.3 Å². The Bertz CT molecular complexity index is 694. The lowest BCUT2D eigenvalue weighted by Gasteiger charge is -2.08. The van der Waals surface area contributed by atoms with Crippen molar-refractivity contribution in [2.45, 2.75) is 6.92 Å². The van der Waals surface area contributed by atoms with Crippen molar-refractivity contribution in [1.82, 2.24) is 0 Å². The van der Waals surface area contributed by atoms with Crippen LogP contribution in [0, 0.1) is 18.6 Å². The number of aryl methyl sites for hydroxylation is 1. The van der Waals surface area contributed by atoms with Gasteiger partial charge in [0.1, 0.15) is 0 Å². The van der Waals surface area contributed by atoms with E-state index in [1.807, 2.05) is 0 Å². The van der Waals surface area contributed by atoms with E-state index in [4.69, 9.17) is 28.9 Å². The summed E-state index contributed by atoms with van der Waals surface area (Å²) in [6.07, 6.45) is 0. The van der Waals surface area contributed by atoms with Crippen molar-refractivity contribution in [3.63, 3.8) is 0 Å². The second-order valence-electron chi connectivity index (χ2n) is 4.24. The molecule has 0 fully saturated rings. The van der Waals surface area contributed by atoms with Gasteiger partial charge in [-0.05, 0) is 30.7 Å². The third-order valence-electron chi connectivity index (χ3n) is 2.86. The molecule has 2 aromatic carbocycles. The maximum absolute atomic E-state index is 13.8. The molecule has 0 aliphatic heterocycles. The van der Waals surface area contributed by atoms with E-state index in [1.54, 1.807) is 0 Å². The zero-order valence-electron chi connectivity index (χ0n) is 10.3. The Morgan fingerprint density at radius 3 is 2.20 bits per heavy atom. The Morgan fingerprint density at radius 1 is 1.10 bits per heavy atom.